The van der Waals surface area contributed by atoms with E-state index in [0.717, 1.165) is 5.56 Å². The first kappa shape index (κ1) is 18.7. The molecule has 0 spiro atoms. The Balaban J connectivity index is 1.72. The molecule has 8 heteroatoms. The number of benzene rings is 1. The summed E-state index contributed by atoms with van der Waals surface area (Å²) in [4.78, 5) is 32.0. The first-order valence-corrected chi connectivity index (χ1v) is 9.68. The summed E-state index contributed by atoms with van der Waals surface area (Å²) in [6.07, 6.45) is 0. The molecule has 3 rings (SSSR count). The maximum atomic E-state index is 12.7. The fourth-order valence-corrected chi connectivity index (χ4v) is 3.96. The molecule has 26 heavy (non-hydrogen) atoms. The second-order valence-electron chi connectivity index (χ2n) is 5.91. The Bertz CT molecular complexity index is 816. The third-order valence-electron chi connectivity index (χ3n) is 4.22. The lowest BCUT2D eigenvalue weighted by molar-refractivity contribution is -0.130. The van der Waals surface area contributed by atoms with Crippen molar-refractivity contribution < 1.29 is 14.3 Å². The molecular formula is C18H20ClN3O3S. The Morgan fingerprint density at radius 3 is 2.54 bits per heavy atom. The molecule has 2 heterocycles. The SMILES string of the molecule is CCOc1ccc(-c2nc(C(=O)N3CCN(C(C)=O)CC3)cs2)c(Cl)c1. The summed E-state index contributed by atoms with van der Waals surface area (Å²) >= 11 is 7.72. The Morgan fingerprint density at radius 2 is 1.92 bits per heavy atom. The van der Waals surface area contributed by atoms with Gasteiger partial charge in [-0.05, 0) is 25.1 Å². The van der Waals surface area contributed by atoms with E-state index in [1.807, 2.05) is 19.1 Å². The number of amides is 2. The highest BCUT2D eigenvalue weighted by Crippen LogP contribution is 2.33. The lowest BCUT2D eigenvalue weighted by Crippen LogP contribution is -2.50. The Morgan fingerprint density at radius 1 is 1.23 bits per heavy atom. The van der Waals surface area contributed by atoms with Gasteiger partial charge in [-0.2, -0.15) is 0 Å². The zero-order valence-corrected chi connectivity index (χ0v) is 16.3. The molecule has 0 radical (unpaired) electrons. The Labute approximate surface area is 161 Å². The zero-order chi connectivity index (χ0) is 18.7. The fourth-order valence-electron chi connectivity index (χ4n) is 2.81. The lowest BCUT2D eigenvalue weighted by atomic mass is 10.2. The van der Waals surface area contributed by atoms with Gasteiger partial charge in [-0.3, -0.25) is 9.59 Å². The Kier molecular flexibility index (Phi) is 5.78. The first-order chi connectivity index (χ1) is 12.5. The van der Waals surface area contributed by atoms with Crippen LogP contribution in [0.2, 0.25) is 5.02 Å². The molecule has 2 aromatic rings. The summed E-state index contributed by atoms with van der Waals surface area (Å²) in [5, 5.41) is 2.99. The van der Waals surface area contributed by atoms with Crippen LogP contribution < -0.4 is 4.74 Å². The third-order valence-corrected chi connectivity index (χ3v) is 5.41. The molecule has 0 N–H and O–H groups in total. The van der Waals surface area contributed by atoms with Crippen LogP contribution in [0, 0.1) is 0 Å². The van der Waals surface area contributed by atoms with Crippen molar-refractivity contribution in [3.8, 4) is 16.3 Å². The summed E-state index contributed by atoms with van der Waals surface area (Å²) in [5.74, 6) is 0.633. The number of rotatable bonds is 4. The second kappa shape index (κ2) is 8.05. The van der Waals surface area contributed by atoms with Gasteiger partial charge in [0.1, 0.15) is 16.5 Å². The molecule has 0 unspecified atom stereocenters. The number of halogens is 1. The van der Waals surface area contributed by atoms with Crippen LogP contribution in [0.1, 0.15) is 24.3 Å². The molecule has 1 saturated heterocycles. The van der Waals surface area contributed by atoms with E-state index in [1.165, 1.54) is 11.3 Å². The standard InChI is InChI=1S/C18H20ClN3O3S/c1-3-25-13-4-5-14(15(19)10-13)17-20-16(11-26-17)18(24)22-8-6-21(7-9-22)12(2)23/h4-5,10-11H,3,6-9H2,1-2H3. The maximum absolute atomic E-state index is 12.7. The van der Waals surface area contributed by atoms with Crippen molar-refractivity contribution in [2.24, 2.45) is 0 Å². The van der Waals surface area contributed by atoms with E-state index in [2.05, 4.69) is 4.98 Å². The minimum absolute atomic E-state index is 0.0400. The number of piperazine rings is 1. The monoisotopic (exact) mass is 393 g/mol. The van der Waals surface area contributed by atoms with Crippen molar-refractivity contribution in [3.63, 3.8) is 0 Å². The largest absolute Gasteiger partial charge is 0.494 e. The van der Waals surface area contributed by atoms with Crippen molar-refractivity contribution in [2.45, 2.75) is 13.8 Å². The van der Waals surface area contributed by atoms with Crippen LogP contribution in [-0.4, -0.2) is 59.4 Å². The average molecular weight is 394 g/mol. The number of ether oxygens (including phenoxy) is 1. The van der Waals surface area contributed by atoms with Gasteiger partial charge < -0.3 is 14.5 Å². The van der Waals surface area contributed by atoms with Crippen molar-refractivity contribution in [3.05, 3.63) is 34.3 Å². The smallest absolute Gasteiger partial charge is 0.273 e. The van der Waals surface area contributed by atoms with Crippen LogP contribution in [0.15, 0.2) is 23.6 Å². The second-order valence-corrected chi connectivity index (χ2v) is 7.18. The number of hydrogen-bond acceptors (Lipinski definition) is 5. The molecule has 1 aromatic heterocycles. The van der Waals surface area contributed by atoms with Crippen LogP contribution in [0.4, 0.5) is 0 Å². The number of carbonyl (C=O) groups is 2. The summed E-state index contributed by atoms with van der Waals surface area (Å²) in [7, 11) is 0. The minimum atomic E-state index is -0.113. The zero-order valence-electron chi connectivity index (χ0n) is 14.7. The molecule has 0 saturated carbocycles. The van der Waals surface area contributed by atoms with Crippen molar-refractivity contribution in [1.82, 2.24) is 14.8 Å². The molecule has 0 atom stereocenters. The Hall–Kier alpha value is -2.12. The number of nitrogens with zero attached hydrogens (tertiary/aromatic N) is 3. The van der Waals surface area contributed by atoms with E-state index in [9.17, 15) is 9.59 Å². The predicted octanol–water partition coefficient (Wildman–Crippen LogP) is 3.17. The molecule has 138 valence electrons. The van der Waals surface area contributed by atoms with Crippen LogP contribution >= 0.6 is 22.9 Å². The topological polar surface area (TPSA) is 62.7 Å². The third kappa shape index (κ3) is 3.99. The number of carbonyl (C=O) groups excluding carboxylic acids is 2. The fraction of sp³-hybridized carbons (Fsp3) is 0.389. The summed E-state index contributed by atoms with van der Waals surface area (Å²) in [6, 6.07) is 5.45. The lowest BCUT2D eigenvalue weighted by Gasteiger charge is -2.33. The van der Waals surface area contributed by atoms with Gasteiger partial charge in [-0.25, -0.2) is 4.98 Å². The normalized spacial score (nSPS) is 14.4. The van der Waals surface area contributed by atoms with Crippen molar-refractivity contribution in [1.29, 1.82) is 0 Å². The average Bonchev–Trinajstić information content (AvgIpc) is 3.11. The van der Waals surface area contributed by atoms with E-state index in [0.29, 0.717) is 54.3 Å². The summed E-state index contributed by atoms with van der Waals surface area (Å²) in [6.45, 7) is 6.19. The van der Waals surface area contributed by atoms with Gasteiger partial charge in [-0.15, -0.1) is 11.3 Å². The van der Waals surface area contributed by atoms with Crippen LogP contribution in [0.5, 0.6) is 5.75 Å². The summed E-state index contributed by atoms with van der Waals surface area (Å²) in [5.41, 5.74) is 1.19. The van der Waals surface area contributed by atoms with Crippen molar-refractivity contribution >= 4 is 34.8 Å². The van der Waals surface area contributed by atoms with E-state index >= 15 is 0 Å². The minimum Gasteiger partial charge on any atom is -0.494 e. The molecule has 1 aliphatic rings. The van der Waals surface area contributed by atoms with Gasteiger partial charge in [0.15, 0.2) is 0 Å². The number of aromatic nitrogens is 1. The van der Waals surface area contributed by atoms with E-state index in [1.54, 1.807) is 28.2 Å². The molecule has 2 amide bonds. The van der Waals surface area contributed by atoms with Crippen LogP contribution in [0.3, 0.4) is 0 Å². The van der Waals surface area contributed by atoms with Gasteiger partial charge >= 0.3 is 0 Å². The van der Waals surface area contributed by atoms with Crippen molar-refractivity contribution in [2.75, 3.05) is 32.8 Å². The molecule has 0 aliphatic carbocycles. The maximum Gasteiger partial charge on any atom is 0.273 e. The summed E-state index contributed by atoms with van der Waals surface area (Å²) < 4.78 is 5.44. The predicted molar refractivity (Wildman–Crippen MR) is 102 cm³/mol. The van der Waals surface area contributed by atoms with Gasteiger partial charge in [0.2, 0.25) is 5.91 Å². The van der Waals surface area contributed by atoms with Gasteiger partial charge in [0, 0.05) is 44.0 Å². The highest BCUT2D eigenvalue weighted by molar-refractivity contribution is 7.13. The number of thiazole rings is 1. The highest BCUT2D eigenvalue weighted by atomic mass is 35.5. The molecule has 6 nitrogen and oxygen atoms in total. The van der Waals surface area contributed by atoms with Gasteiger partial charge in [0.25, 0.3) is 5.91 Å². The van der Waals surface area contributed by atoms with Crippen LogP contribution in [0.25, 0.3) is 10.6 Å². The van der Waals surface area contributed by atoms with Gasteiger partial charge in [-0.1, -0.05) is 11.6 Å². The quantitative estimate of drug-likeness (QED) is 0.800. The molecule has 1 fully saturated rings. The van der Waals surface area contributed by atoms with E-state index in [-0.39, 0.29) is 11.8 Å². The molecular weight excluding hydrogens is 374 g/mol. The van der Waals surface area contributed by atoms with E-state index < -0.39 is 0 Å². The van der Waals surface area contributed by atoms with Crippen LogP contribution in [-0.2, 0) is 4.79 Å². The molecule has 0 bridgehead atoms. The van der Waals surface area contributed by atoms with Gasteiger partial charge in [0.05, 0.1) is 11.6 Å². The molecule has 1 aliphatic heterocycles. The van der Waals surface area contributed by atoms with E-state index in [4.69, 9.17) is 16.3 Å². The highest BCUT2D eigenvalue weighted by Gasteiger charge is 2.25. The molecule has 1 aromatic carbocycles. The number of hydrogen-bond donors (Lipinski definition) is 0. The first-order valence-electron chi connectivity index (χ1n) is 8.42.